The number of halogens is 2. The Morgan fingerprint density at radius 1 is 1.07 bits per heavy atom. The summed E-state index contributed by atoms with van der Waals surface area (Å²) in [6.07, 6.45) is 3.34. The molecule has 0 aliphatic carbocycles. The molecule has 130 valence electrons. The van der Waals surface area contributed by atoms with Crippen LogP contribution < -0.4 is 5.32 Å². The first-order valence-electron chi connectivity index (χ1n) is 7.98. The van der Waals surface area contributed by atoms with Crippen LogP contribution >= 0.6 is 11.6 Å². The van der Waals surface area contributed by atoms with Crippen molar-refractivity contribution >= 4 is 34.0 Å². The van der Waals surface area contributed by atoms with Crippen LogP contribution in [0.15, 0.2) is 60.9 Å². The average molecular weight is 376 g/mol. The first-order chi connectivity index (χ1) is 13.1. The molecule has 4 aromatic rings. The SMILES string of the molecule is N#Cc1cc(Nc2nc(-c3cccnc3)nc3cc(Cl)ccc23)ccc1F. The third-order valence-corrected chi connectivity index (χ3v) is 4.16. The van der Waals surface area contributed by atoms with E-state index in [2.05, 4.69) is 20.3 Å². The number of pyridine rings is 1. The van der Waals surface area contributed by atoms with E-state index in [0.29, 0.717) is 27.9 Å². The van der Waals surface area contributed by atoms with Crippen molar-refractivity contribution in [3.05, 3.63) is 77.3 Å². The molecule has 0 saturated carbocycles. The maximum Gasteiger partial charge on any atom is 0.163 e. The molecular formula is C20H11ClFN5. The van der Waals surface area contributed by atoms with Crippen molar-refractivity contribution in [3.63, 3.8) is 0 Å². The minimum atomic E-state index is -0.571. The number of hydrogen-bond acceptors (Lipinski definition) is 5. The van der Waals surface area contributed by atoms with Crippen molar-refractivity contribution in [2.45, 2.75) is 0 Å². The number of aromatic nitrogens is 3. The summed E-state index contributed by atoms with van der Waals surface area (Å²) in [6, 6.07) is 15.0. The second-order valence-corrected chi connectivity index (χ2v) is 6.17. The summed E-state index contributed by atoms with van der Waals surface area (Å²) in [4.78, 5) is 13.3. The van der Waals surface area contributed by atoms with E-state index in [4.69, 9.17) is 16.9 Å². The van der Waals surface area contributed by atoms with Crippen molar-refractivity contribution in [1.82, 2.24) is 15.0 Å². The molecule has 0 spiro atoms. The lowest BCUT2D eigenvalue weighted by molar-refractivity contribution is 0.624. The van der Waals surface area contributed by atoms with Crippen LogP contribution in [0.2, 0.25) is 5.02 Å². The van der Waals surface area contributed by atoms with Gasteiger partial charge in [-0.2, -0.15) is 5.26 Å². The van der Waals surface area contributed by atoms with Gasteiger partial charge in [-0.1, -0.05) is 11.6 Å². The van der Waals surface area contributed by atoms with Gasteiger partial charge in [-0.05, 0) is 48.5 Å². The van der Waals surface area contributed by atoms with Crippen LogP contribution in [0, 0.1) is 17.1 Å². The topological polar surface area (TPSA) is 74.5 Å². The van der Waals surface area contributed by atoms with Crippen LogP contribution in [0.3, 0.4) is 0 Å². The smallest absolute Gasteiger partial charge is 0.163 e. The lowest BCUT2D eigenvalue weighted by atomic mass is 10.2. The minimum absolute atomic E-state index is 0.0473. The molecule has 1 N–H and O–H groups in total. The number of rotatable bonds is 3. The molecule has 7 heteroatoms. The Morgan fingerprint density at radius 2 is 1.96 bits per heavy atom. The molecule has 0 aliphatic rings. The lowest BCUT2D eigenvalue weighted by Crippen LogP contribution is -2.00. The summed E-state index contributed by atoms with van der Waals surface area (Å²) in [5.41, 5.74) is 1.90. The molecule has 0 unspecified atom stereocenters. The van der Waals surface area contributed by atoms with Gasteiger partial charge < -0.3 is 5.32 Å². The summed E-state index contributed by atoms with van der Waals surface area (Å²) < 4.78 is 13.6. The second-order valence-electron chi connectivity index (χ2n) is 5.73. The number of anilines is 2. The molecule has 0 amide bonds. The van der Waals surface area contributed by atoms with Gasteiger partial charge in [0.2, 0.25) is 0 Å². The molecule has 0 aliphatic heterocycles. The number of fused-ring (bicyclic) bond motifs is 1. The molecule has 2 heterocycles. The number of benzene rings is 2. The zero-order valence-electron chi connectivity index (χ0n) is 13.8. The average Bonchev–Trinajstić information content (AvgIpc) is 2.69. The Morgan fingerprint density at radius 3 is 2.74 bits per heavy atom. The van der Waals surface area contributed by atoms with E-state index >= 15 is 0 Å². The Balaban J connectivity index is 1.87. The van der Waals surface area contributed by atoms with E-state index in [9.17, 15) is 4.39 Å². The highest BCUT2D eigenvalue weighted by molar-refractivity contribution is 6.31. The van der Waals surface area contributed by atoms with Crippen LogP contribution in [0.5, 0.6) is 0 Å². The van der Waals surface area contributed by atoms with Gasteiger partial charge in [0, 0.05) is 34.1 Å². The van der Waals surface area contributed by atoms with E-state index in [1.165, 1.54) is 12.1 Å². The normalized spacial score (nSPS) is 10.6. The quantitative estimate of drug-likeness (QED) is 0.539. The minimum Gasteiger partial charge on any atom is -0.340 e. The molecule has 0 atom stereocenters. The van der Waals surface area contributed by atoms with Crippen molar-refractivity contribution < 1.29 is 4.39 Å². The monoisotopic (exact) mass is 375 g/mol. The first-order valence-corrected chi connectivity index (χ1v) is 8.36. The van der Waals surface area contributed by atoms with Crippen molar-refractivity contribution in [1.29, 1.82) is 5.26 Å². The van der Waals surface area contributed by atoms with E-state index < -0.39 is 5.82 Å². The summed E-state index contributed by atoms with van der Waals surface area (Å²) in [7, 11) is 0. The third-order valence-electron chi connectivity index (χ3n) is 3.93. The molecule has 0 bridgehead atoms. The van der Waals surface area contributed by atoms with Gasteiger partial charge in [0.25, 0.3) is 0 Å². The fourth-order valence-electron chi connectivity index (χ4n) is 2.65. The summed E-state index contributed by atoms with van der Waals surface area (Å²) in [5, 5.41) is 13.5. The fourth-order valence-corrected chi connectivity index (χ4v) is 2.81. The second kappa shape index (κ2) is 6.98. The van der Waals surface area contributed by atoms with Gasteiger partial charge >= 0.3 is 0 Å². The van der Waals surface area contributed by atoms with Gasteiger partial charge in [0.15, 0.2) is 5.82 Å². The predicted molar refractivity (Wildman–Crippen MR) is 102 cm³/mol. The van der Waals surface area contributed by atoms with E-state index in [1.54, 1.807) is 36.7 Å². The highest BCUT2D eigenvalue weighted by atomic mass is 35.5. The standard InChI is InChI=1S/C20H11ClFN5/c21-14-3-5-16-18(9-14)26-19(12-2-1-7-24-11-12)27-20(16)25-15-4-6-17(22)13(8-15)10-23/h1-9,11H,(H,25,26,27). The van der Waals surface area contributed by atoms with Gasteiger partial charge in [-0.25, -0.2) is 14.4 Å². The van der Waals surface area contributed by atoms with Crippen LogP contribution in [0.25, 0.3) is 22.3 Å². The molecule has 2 aromatic carbocycles. The van der Waals surface area contributed by atoms with Crippen LogP contribution in [-0.4, -0.2) is 15.0 Å². The van der Waals surface area contributed by atoms with E-state index in [1.807, 2.05) is 18.2 Å². The van der Waals surface area contributed by atoms with E-state index in [0.717, 1.165) is 10.9 Å². The fraction of sp³-hybridized carbons (Fsp3) is 0. The molecule has 0 fully saturated rings. The summed E-state index contributed by atoms with van der Waals surface area (Å²) in [5.74, 6) is 0.424. The Bertz CT molecular complexity index is 1190. The predicted octanol–water partition coefficient (Wildman–Crippen LogP) is 5.10. The van der Waals surface area contributed by atoms with Gasteiger partial charge in [-0.3, -0.25) is 4.98 Å². The van der Waals surface area contributed by atoms with E-state index in [-0.39, 0.29) is 5.56 Å². The lowest BCUT2D eigenvalue weighted by Gasteiger charge is -2.11. The zero-order valence-corrected chi connectivity index (χ0v) is 14.6. The maximum absolute atomic E-state index is 13.6. The van der Waals surface area contributed by atoms with Crippen LogP contribution in [-0.2, 0) is 0 Å². The van der Waals surface area contributed by atoms with Crippen molar-refractivity contribution in [2.24, 2.45) is 0 Å². The number of hydrogen-bond donors (Lipinski definition) is 1. The molecule has 5 nitrogen and oxygen atoms in total. The first kappa shape index (κ1) is 16.9. The molecular weight excluding hydrogens is 365 g/mol. The number of nitrogens with zero attached hydrogens (tertiary/aromatic N) is 4. The molecule has 0 saturated heterocycles. The maximum atomic E-state index is 13.6. The zero-order chi connectivity index (χ0) is 18.8. The third kappa shape index (κ3) is 3.41. The Labute approximate surface area is 159 Å². The highest BCUT2D eigenvalue weighted by Gasteiger charge is 2.11. The van der Waals surface area contributed by atoms with Gasteiger partial charge in [-0.15, -0.1) is 0 Å². The Kier molecular flexibility index (Phi) is 4.37. The highest BCUT2D eigenvalue weighted by Crippen LogP contribution is 2.29. The molecule has 0 radical (unpaired) electrons. The van der Waals surface area contributed by atoms with Crippen LogP contribution in [0.4, 0.5) is 15.9 Å². The summed E-state index contributed by atoms with van der Waals surface area (Å²) in [6.45, 7) is 0. The van der Waals surface area contributed by atoms with Crippen molar-refractivity contribution in [3.8, 4) is 17.5 Å². The summed E-state index contributed by atoms with van der Waals surface area (Å²) >= 11 is 6.12. The van der Waals surface area contributed by atoms with Gasteiger partial charge in [0.05, 0.1) is 11.1 Å². The Hall–Kier alpha value is -3.56. The van der Waals surface area contributed by atoms with Crippen molar-refractivity contribution in [2.75, 3.05) is 5.32 Å². The molecule has 2 aromatic heterocycles. The van der Waals surface area contributed by atoms with Gasteiger partial charge in [0.1, 0.15) is 17.7 Å². The molecule has 27 heavy (non-hydrogen) atoms. The number of nitrogens with one attached hydrogen (secondary N) is 1. The number of nitriles is 1. The molecule has 4 rings (SSSR count). The van der Waals surface area contributed by atoms with Crippen LogP contribution in [0.1, 0.15) is 5.56 Å². The largest absolute Gasteiger partial charge is 0.340 e.